The van der Waals surface area contributed by atoms with Crippen molar-refractivity contribution in [2.24, 2.45) is 4.99 Å². The lowest BCUT2D eigenvalue weighted by Gasteiger charge is -2.34. The lowest BCUT2D eigenvalue weighted by molar-refractivity contribution is 0.260. The van der Waals surface area contributed by atoms with Crippen LogP contribution in [-0.4, -0.2) is 71.8 Å². The van der Waals surface area contributed by atoms with E-state index >= 15 is 0 Å². The van der Waals surface area contributed by atoms with Gasteiger partial charge in [-0.25, -0.2) is 15.0 Å². The van der Waals surface area contributed by atoms with E-state index in [1.807, 2.05) is 6.07 Å². The molecular formula is C21H35IN8O. The molecule has 1 aliphatic rings. The van der Waals surface area contributed by atoms with Gasteiger partial charge in [-0.3, -0.25) is 4.90 Å². The summed E-state index contributed by atoms with van der Waals surface area (Å²) in [6.07, 6.45) is 5.29. The molecule has 0 bridgehead atoms. The molecule has 2 N–H and O–H groups in total. The predicted octanol–water partition coefficient (Wildman–Crippen LogP) is 2.08. The van der Waals surface area contributed by atoms with Crippen molar-refractivity contribution < 1.29 is 4.52 Å². The maximum Gasteiger partial charge on any atom is 0.225 e. The van der Waals surface area contributed by atoms with E-state index in [0.29, 0.717) is 6.54 Å². The van der Waals surface area contributed by atoms with Crippen molar-refractivity contribution in [2.45, 2.75) is 40.2 Å². The van der Waals surface area contributed by atoms with Crippen LogP contribution in [0.5, 0.6) is 0 Å². The van der Waals surface area contributed by atoms with E-state index < -0.39 is 0 Å². The molecule has 0 atom stereocenters. The molecule has 3 heterocycles. The van der Waals surface area contributed by atoms with Crippen molar-refractivity contribution >= 4 is 35.9 Å². The summed E-state index contributed by atoms with van der Waals surface area (Å²) in [5.74, 6) is 2.59. The largest absolute Gasteiger partial charge is 0.361 e. The molecule has 172 valence electrons. The summed E-state index contributed by atoms with van der Waals surface area (Å²) in [6, 6.07) is 1.85. The van der Waals surface area contributed by atoms with E-state index in [9.17, 15) is 0 Å². The zero-order chi connectivity index (χ0) is 21.2. The summed E-state index contributed by atoms with van der Waals surface area (Å²) in [4.78, 5) is 18.2. The first-order valence-electron chi connectivity index (χ1n) is 11.0. The number of guanidine groups is 1. The van der Waals surface area contributed by atoms with Crippen LogP contribution < -0.4 is 15.5 Å². The molecule has 0 unspecified atom stereocenters. The number of hydrogen-bond donors (Lipinski definition) is 2. The van der Waals surface area contributed by atoms with Gasteiger partial charge in [0.1, 0.15) is 5.76 Å². The topological polar surface area (TPSA) is 94.7 Å². The van der Waals surface area contributed by atoms with Gasteiger partial charge in [-0.15, -0.1) is 24.0 Å². The molecule has 3 rings (SSSR count). The monoisotopic (exact) mass is 542 g/mol. The van der Waals surface area contributed by atoms with Crippen LogP contribution in [0.2, 0.25) is 0 Å². The molecule has 1 fully saturated rings. The van der Waals surface area contributed by atoms with Crippen molar-refractivity contribution in [2.75, 3.05) is 50.7 Å². The highest BCUT2D eigenvalue weighted by Gasteiger charge is 2.18. The van der Waals surface area contributed by atoms with Gasteiger partial charge in [-0.1, -0.05) is 19.0 Å². The lowest BCUT2D eigenvalue weighted by atomic mass is 10.1. The Bertz CT molecular complexity index is 768. The fourth-order valence-corrected chi connectivity index (χ4v) is 3.57. The molecule has 0 spiro atoms. The van der Waals surface area contributed by atoms with Gasteiger partial charge in [-0.2, -0.15) is 0 Å². The molecule has 2 aromatic heterocycles. The highest BCUT2D eigenvalue weighted by Crippen LogP contribution is 2.16. The maximum atomic E-state index is 5.45. The Morgan fingerprint density at radius 3 is 2.45 bits per heavy atom. The fraction of sp³-hybridized carbons (Fsp3) is 0.619. The van der Waals surface area contributed by atoms with Crippen LogP contribution in [0.1, 0.15) is 37.8 Å². The average Bonchev–Trinajstić information content (AvgIpc) is 3.20. The number of hydrogen-bond acceptors (Lipinski definition) is 7. The van der Waals surface area contributed by atoms with Crippen molar-refractivity contribution in [3.05, 3.63) is 35.5 Å². The third-order valence-corrected chi connectivity index (χ3v) is 5.27. The first-order valence-corrected chi connectivity index (χ1v) is 11.0. The minimum Gasteiger partial charge on any atom is -0.361 e. The Hall–Kier alpha value is -1.95. The highest BCUT2D eigenvalue weighted by molar-refractivity contribution is 14.0. The quantitative estimate of drug-likeness (QED) is 0.283. The second-order valence-corrected chi connectivity index (χ2v) is 7.24. The summed E-state index contributed by atoms with van der Waals surface area (Å²) in [5, 5.41) is 11.0. The van der Waals surface area contributed by atoms with Crippen LogP contribution in [0.25, 0.3) is 0 Å². The van der Waals surface area contributed by atoms with Gasteiger partial charge in [0, 0.05) is 70.2 Å². The molecule has 0 aliphatic carbocycles. The van der Waals surface area contributed by atoms with Gasteiger partial charge in [-0.05, 0) is 19.4 Å². The predicted molar refractivity (Wildman–Crippen MR) is 134 cm³/mol. The van der Waals surface area contributed by atoms with Crippen molar-refractivity contribution in [1.82, 2.24) is 30.7 Å². The van der Waals surface area contributed by atoms with Crippen LogP contribution in [-0.2, 0) is 19.4 Å². The Morgan fingerprint density at radius 1 is 1.06 bits per heavy atom. The number of aromatic nitrogens is 3. The van der Waals surface area contributed by atoms with Gasteiger partial charge in [0.25, 0.3) is 0 Å². The van der Waals surface area contributed by atoms with Crippen molar-refractivity contribution in [3.8, 4) is 0 Å². The van der Waals surface area contributed by atoms with Crippen molar-refractivity contribution in [3.63, 3.8) is 0 Å². The standard InChI is InChI=1S/C21H34N8O.HI/c1-4-18-17(19(5-2)30-27-18)16-26-20(22-6-3)23-10-11-28-12-14-29(15-13-28)21-24-8-7-9-25-21;/h7-9H,4-6,10-16H2,1-3H3,(H2,22,23,26);1H. The van der Waals surface area contributed by atoms with E-state index in [-0.39, 0.29) is 24.0 Å². The van der Waals surface area contributed by atoms with Crippen LogP contribution in [0, 0.1) is 0 Å². The molecule has 0 aromatic carbocycles. The van der Waals surface area contributed by atoms with E-state index in [4.69, 9.17) is 9.52 Å². The molecular weight excluding hydrogens is 507 g/mol. The van der Waals surface area contributed by atoms with Gasteiger partial charge in [0.15, 0.2) is 5.96 Å². The minimum absolute atomic E-state index is 0. The van der Waals surface area contributed by atoms with Crippen LogP contribution in [0.15, 0.2) is 28.0 Å². The number of piperazine rings is 1. The smallest absolute Gasteiger partial charge is 0.225 e. The van der Waals surface area contributed by atoms with Crippen LogP contribution >= 0.6 is 24.0 Å². The van der Waals surface area contributed by atoms with Gasteiger partial charge < -0.3 is 20.1 Å². The summed E-state index contributed by atoms with van der Waals surface area (Å²) in [5.41, 5.74) is 2.13. The van der Waals surface area contributed by atoms with Crippen LogP contribution in [0.4, 0.5) is 5.95 Å². The van der Waals surface area contributed by atoms with E-state index in [1.54, 1.807) is 12.4 Å². The number of aryl methyl sites for hydroxylation is 2. The third kappa shape index (κ3) is 7.30. The molecule has 31 heavy (non-hydrogen) atoms. The molecule has 1 aliphatic heterocycles. The second kappa shape index (κ2) is 13.5. The number of rotatable bonds is 9. The van der Waals surface area contributed by atoms with Crippen LogP contribution in [0.3, 0.4) is 0 Å². The summed E-state index contributed by atoms with van der Waals surface area (Å²) >= 11 is 0. The number of nitrogens with one attached hydrogen (secondary N) is 2. The first kappa shape index (κ1) is 25.3. The Kier molecular flexibility index (Phi) is 11.0. The van der Waals surface area contributed by atoms with Crippen molar-refractivity contribution in [1.29, 1.82) is 0 Å². The lowest BCUT2D eigenvalue weighted by Crippen LogP contribution is -2.49. The van der Waals surface area contributed by atoms with Gasteiger partial charge >= 0.3 is 0 Å². The average molecular weight is 542 g/mol. The molecule has 0 radical (unpaired) electrons. The number of aliphatic imine (C=N–C) groups is 1. The number of anilines is 1. The highest BCUT2D eigenvalue weighted by atomic mass is 127. The van der Waals surface area contributed by atoms with Gasteiger partial charge in [0.05, 0.1) is 12.2 Å². The Morgan fingerprint density at radius 2 is 1.81 bits per heavy atom. The molecule has 2 aromatic rings. The SMILES string of the molecule is CCNC(=NCc1c(CC)noc1CC)NCCN1CCN(c2ncccn2)CC1.I. The molecule has 0 saturated carbocycles. The van der Waals surface area contributed by atoms with E-state index in [2.05, 4.69) is 56.3 Å². The second-order valence-electron chi connectivity index (χ2n) is 7.24. The molecule has 9 nitrogen and oxygen atoms in total. The van der Waals surface area contributed by atoms with E-state index in [0.717, 1.165) is 87.6 Å². The zero-order valence-corrected chi connectivity index (χ0v) is 21.1. The summed E-state index contributed by atoms with van der Waals surface area (Å²) in [6.45, 7) is 13.4. The summed E-state index contributed by atoms with van der Waals surface area (Å²) in [7, 11) is 0. The first-order chi connectivity index (χ1) is 14.7. The minimum atomic E-state index is 0. The molecule has 0 amide bonds. The molecule has 1 saturated heterocycles. The summed E-state index contributed by atoms with van der Waals surface area (Å²) < 4.78 is 5.45. The number of nitrogens with zero attached hydrogens (tertiary/aromatic N) is 6. The van der Waals surface area contributed by atoms with Gasteiger partial charge in [0.2, 0.25) is 5.95 Å². The van der Waals surface area contributed by atoms with E-state index in [1.165, 1.54) is 0 Å². The maximum absolute atomic E-state index is 5.45. The number of halogens is 1. The Labute approximate surface area is 202 Å². The third-order valence-electron chi connectivity index (χ3n) is 5.27. The normalized spacial score (nSPS) is 14.9. The molecule has 10 heteroatoms. The Balaban J connectivity index is 0.00000341. The fourth-order valence-electron chi connectivity index (χ4n) is 3.57. The zero-order valence-electron chi connectivity index (χ0n) is 18.8.